The molecule has 1 atom stereocenters. The molecule has 86 valence electrons. The molecule has 0 aromatic heterocycles. The second-order valence-corrected chi connectivity index (χ2v) is 5.04. The lowest BCUT2D eigenvalue weighted by molar-refractivity contribution is -0.146. The first kappa shape index (κ1) is 10.9. The van der Waals surface area contributed by atoms with Crippen LogP contribution < -0.4 is 0 Å². The largest absolute Gasteiger partial charge is 0.468 e. The molecule has 0 saturated heterocycles. The molecule has 15 heavy (non-hydrogen) atoms. The van der Waals surface area contributed by atoms with Crippen LogP contribution in [0.25, 0.3) is 0 Å². The van der Waals surface area contributed by atoms with Crippen LogP contribution in [0.4, 0.5) is 0 Å². The predicted molar refractivity (Wildman–Crippen MR) is 58.5 cm³/mol. The van der Waals surface area contributed by atoms with Gasteiger partial charge in [0.2, 0.25) is 0 Å². The lowest BCUT2D eigenvalue weighted by Crippen LogP contribution is -2.42. The maximum absolute atomic E-state index is 11.5. The normalized spacial score (nSPS) is 22.9. The Labute approximate surface area is 91.8 Å². The molecule has 0 spiro atoms. The molecule has 2 saturated carbocycles. The van der Waals surface area contributed by atoms with Crippen molar-refractivity contribution in [2.75, 3.05) is 20.2 Å². The summed E-state index contributed by atoms with van der Waals surface area (Å²) in [6.07, 6.45) is 5.37. The first-order valence-electron chi connectivity index (χ1n) is 6.02. The summed E-state index contributed by atoms with van der Waals surface area (Å²) < 4.78 is 4.82. The molecule has 2 fully saturated rings. The van der Waals surface area contributed by atoms with E-state index >= 15 is 0 Å². The van der Waals surface area contributed by atoms with Gasteiger partial charge in [-0.05, 0) is 44.4 Å². The predicted octanol–water partition coefficient (Wildman–Crippen LogP) is 1.67. The van der Waals surface area contributed by atoms with E-state index in [4.69, 9.17) is 4.74 Å². The van der Waals surface area contributed by atoms with Crippen LogP contribution >= 0.6 is 0 Å². The molecule has 1 unspecified atom stereocenters. The summed E-state index contributed by atoms with van der Waals surface area (Å²) >= 11 is 0. The highest BCUT2D eigenvalue weighted by molar-refractivity contribution is 5.75. The average molecular weight is 211 g/mol. The van der Waals surface area contributed by atoms with E-state index in [1.807, 2.05) is 6.92 Å². The van der Waals surface area contributed by atoms with Crippen LogP contribution in [0.3, 0.4) is 0 Å². The molecule has 2 rings (SSSR count). The molecule has 0 amide bonds. The van der Waals surface area contributed by atoms with Crippen molar-refractivity contribution < 1.29 is 9.53 Å². The van der Waals surface area contributed by atoms with Crippen LogP contribution in [0.5, 0.6) is 0 Å². The van der Waals surface area contributed by atoms with E-state index in [0.29, 0.717) is 0 Å². The molecule has 3 heteroatoms. The third-order valence-electron chi connectivity index (χ3n) is 3.47. The Morgan fingerprint density at radius 3 is 2.07 bits per heavy atom. The van der Waals surface area contributed by atoms with Gasteiger partial charge in [0.25, 0.3) is 0 Å². The average Bonchev–Trinajstić information content (AvgIpc) is 3.08. The Balaban J connectivity index is 1.85. The number of methoxy groups -OCH3 is 1. The van der Waals surface area contributed by atoms with Gasteiger partial charge in [-0.2, -0.15) is 0 Å². The third-order valence-corrected chi connectivity index (χ3v) is 3.47. The van der Waals surface area contributed by atoms with Crippen molar-refractivity contribution in [2.24, 2.45) is 11.8 Å². The first-order chi connectivity index (χ1) is 7.20. The van der Waals surface area contributed by atoms with Crippen molar-refractivity contribution >= 4 is 5.97 Å². The van der Waals surface area contributed by atoms with Crippen LogP contribution in [-0.4, -0.2) is 37.1 Å². The number of rotatable bonds is 6. The Morgan fingerprint density at radius 2 is 1.73 bits per heavy atom. The van der Waals surface area contributed by atoms with Gasteiger partial charge in [0.1, 0.15) is 6.04 Å². The maximum atomic E-state index is 11.5. The fraction of sp³-hybridized carbons (Fsp3) is 0.917. The van der Waals surface area contributed by atoms with Crippen LogP contribution in [-0.2, 0) is 9.53 Å². The smallest absolute Gasteiger partial charge is 0.322 e. The number of ether oxygens (including phenoxy) is 1. The molecule has 0 heterocycles. The molecule has 0 aliphatic heterocycles. The molecule has 3 nitrogen and oxygen atoms in total. The highest BCUT2D eigenvalue weighted by Crippen LogP contribution is 2.34. The van der Waals surface area contributed by atoms with Crippen molar-refractivity contribution in [3.63, 3.8) is 0 Å². The van der Waals surface area contributed by atoms with Crippen LogP contribution in [0.1, 0.15) is 32.6 Å². The number of esters is 1. The quantitative estimate of drug-likeness (QED) is 0.626. The summed E-state index contributed by atoms with van der Waals surface area (Å²) in [7, 11) is 1.48. The highest BCUT2D eigenvalue weighted by Gasteiger charge is 2.33. The molecule has 2 aliphatic rings. The molecule has 0 aromatic carbocycles. The Kier molecular flexibility index (Phi) is 3.29. The lowest BCUT2D eigenvalue weighted by atomic mass is 10.2. The second-order valence-electron chi connectivity index (χ2n) is 5.04. The Morgan fingerprint density at radius 1 is 1.27 bits per heavy atom. The van der Waals surface area contributed by atoms with E-state index in [1.165, 1.54) is 32.8 Å². The van der Waals surface area contributed by atoms with E-state index in [-0.39, 0.29) is 12.0 Å². The van der Waals surface area contributed by atoms with Gasteiger partial charge < -0.3 is 4.74 Å². The number of carbonyl (C=O) groups excluding carboxylic acids is 1. The molecule has 0 bridgehead atoms. The van der Waals surface area contributed by atoms with Crippen molar-refractivity contribution in [2.45, 2.75) is 38.6 Å². The van der Waals surface area contributed by atoms with Gasteiger partial charge in [-0.25, -0.2) is 0 Å². The van der Waals surface area contributed by atoms with Gasteiger partial charge in [-0.1, -0.05) is 0 Å². The summed E-state index contributed by atoms with van der Waals surface area (Å²) in [5.41, 5.74) is 0. The first-order valence-corrected chi connectivity index (χ1v) is 6.02. The minimum absolute atomic E-state index is 0.0591. The topological polar surface area (TPSA) is 29.5 Å². The monoisotopic (exact) mass is 211 g/mol. The van der Waals surface area contributed by atoms with Crippen molar-refractivity contribution in [3.05, 3.63) is 0 Å². The zero-order valence-corrected chi connectivity index (χ0v) is 9.74. The minimum Gasteiger partial charge on any atom is -0.468 e. The fourth-order valence-electron chi connectivity index (χ4n) is 1.97. The standard InChI is InChI=1S/C12H21NO2/c1-9(12(14)15-2)13(7-10-3-4-10)8-11-5-6-11/h9-11H,3-8H2,1-2H3. The van der Waals surface area contributed by atoms with E-state index in [2.05, 4.69) is 4.90 Å². The summed E-state index contributed by atoms with van der Waals surface area (Å²) in [4.78, 5) is 13.8. The number of nitrogens with zero attached hydrogens (tertiary/aromatic N) is 1. The lowest BCUT2D eigenvalue weighted by Gasteiger charge is -2.27. The van der Waals surface area contributed by atoms with Gasteiger partial charge in [0.15, 0.2) is 0 Å². The maximum Gasteiger partial charge on any atom is 0.322 e. The van der Waals surface area contributed by atoms with Crippen molar-refractivity contribution in [1.82, 2.24) is 4.90 Å². The molecule has 2 aliphatic carbocycles. The van der Waals surface area contributed by atoms with Crippen LogP contribution in [0.2, 0.25) is 0 Å². The molecule has 0 aromatic rings. The van der Waals surface area contributed by atoms with Crippen LogP contribution in [0.15, 0.2) is 0 Å². The summed E-state index contributed by atoms with van der Waals surface area (Å²) in [6, 6.07) is -0.0591. The molecule has 0 N–H and O–H groups in total. The third kappa shape index (κ3) is 3.20. The fourth-order valence-corrected chi connectivity index (χ4v) is 1.97. The van der Waals surface area contributed by atoms with Crippen LogP contribution in [0, 0.1) is 11.8 Å². The van der Waals surface area contributed by atoms with E-state index < -0.39 is 0 Å². The van der Waals surface area contributed by atoms with Gasteiger partial charge in [-0.3, -0.25) is 9.69 Å². The highest BCUT2D eigenvalue weighted by atomic mass is 16.5. The SMILES string of the molecule is COC(=O)C(C)N(CC1CC1)CC1CC1. The second kappa shape index (κ2) is 4.52. The van der Waals surface area contributed by atoms with Gasteiger partial charge in [0, 0.05) is 13.1 Å². The molecular formula is C12H21NO2. The Hall–Kier alpha value is -0.570. The molecule has 0 radical (unpaired) electrons. The summed E-state index contributed by atoms with van der Waals surface area (Å²) in [5, 5.41) is 0. The van der Waals surface area contributed by atoms with E-state index in [1.54, 1.807) is 0 Å². The van der Waals surface area contributed by atoms with Crippen molar-refractivity contribution in [3.8, 4) is 0 Å². The minimum atomic E-state index is -0.0868. The van der Waals surface area contributed by atoms with E-state index in [9.17, 15) is 4.79 Å². The Bertz CT molecular complexity index is 220. The van der Waals surface area contributed by atoms with E-state index in [0.717, 1.165) is 24.9 Å². The summed E-state index contributed by atoms with van der Waals surface area (Å²) in [5.74, 6) is 1.60. The number of hydrogen-bond donors (Lipinski definition) is 0. The molecular weight excluding hydrogens is 190 g/mol. The van der Waals surface area contributed by atoms with Gasteiger partial charge in [0.05, 0.1) is 7.11 Å². The van der Waals surface area contributed by atoms with Gasteiger partial charge in [-0.15, -0.1) is 0 Å². The zero-order valence-electron chi connectivity index (χ0n) is 9.74. The number of carbonyl (C=O) groups is 1. The zero-order chi connectivity index (χ0) is 10.8. The van der Waals surface area contributed by atoms with Crippen molar-refractivity contribution in [1.29, 1.82) is 0 Å². The summed E-state index contributed by atoms with van der Waals surface area (Å²) in [6.45, 7) is 4.15. The van der Waals surface area contributed by atoms with Gasteiger partial charge >= 0.3 is 5.97 Å². The number of hydrogen-bond acceptors (Lipinski definition) is 3.